The van der Waals surface area contributed by atoms with Crippen LogP contribution in [0.1, 0.15) is 11.8 Å². The zero-order chi connectivity index (χ0) is 6.97. The lowest BCUT2D eigenvalue weighted by Gasteiger charge is -1.92. The summed E-state index contributed by atoms with van der Waals surface area (Å²) in [4.78, 5) is 0. The van der Waals surface area contributed by atoms with E-state index in [-0.39, 0.29) is 6.10 Å². The van der Waals surface area contributed by atoms with E-state index in [2.05, 4.69) is 8.75 Å². The second kappa shape index (κ2) is 2.17. The molecule has 2 rings (SSSR count). The molecule has 1 aliphatic rings. The second-order valence-corrected chi connectivity index (χ2v) is 2.51. The fourth-order valence-corrected chi connectivity index (χ4v) is 1.30. The van der Waals surface area contributed by atoms with Crippen molar-refractivity contribution in [1.29, 1.82) is 0 Å². The first-order chi connectivity index (χ1) is 4.92. The summed E-state index contributed by atoms with van der Waals surface area (Å²) < 4.78 is 17.9. The summed E-state index contributed by atoms with van der Waals surface area (Å²) in [5, 5.41) is 0. The Bertz CT molecular complexity index is 233. The molecule has 54 valence electrons. The molecule has 5 heteroatoms. The minimum absolute atomic E-state index is 0.147. The Morgan fingerprint density at radius 2 is 2.50 bits per heavy atom. The van der Waals surface area contributed by atoms with Crippen molar-refractivity contribution in [1.82, 2.24) is 8.75 Å². The molecule has 0 aromatic carbocycles. The van der Waals surface area contributed by atoms with E-state index in [0.717, 1.165) is 24.0 Å². The Morgan fingerprint density at radius 3 is 3.10 bits per heavy atom. The second-order valence-electron chi connectivity index (χ2n) is 1.98. The maximum absolute atomic E-state index is 5.02. The monoisotopic (exact) mass is 158 g/mol. The van der Waals surface area contributed by atoms with Crippen LogP contribution in [0.2, 0.25) is 0 Å². The molecule has 1 fully saturated rings. The van der Waals surface area contributed by atoms with Crippen LogP contribution in [-0.4, -0.2) is 22.5 Å². The molecule has 0 bridgehead atoms. The summed E-state index contributed by atoms with van der Waals surface area (Å²) in [6.45, 7) is 0.752. The third kappa shape index (κ3) is 0.871. The predicted octanol–water partition coefficient (Wildman–Crippen LogP) is 0.618. The first kappa shape index (κ1) is 6.06. The topological polar surface area (TPSA) is 47.5 Å². The number of hydrogen-bond acceptors (Lipinski definition) is 5. The highest BCUT2D eigenvalue weighted by atomic mass is 32.1. The maximum atomic E-state index is 5.02. The number of epoxide rings is 1. The zero-order valence-electron chi connectivity index (χ0n) is 5.40. The minimum Gasteiger partial charge on any atom is -0.479 e. The Kier molecular flexibility index (Phi) is 1.32. The van der Waals surface area contributed by atoms with E-state index in [9.17, 15) is 0 Å². The predicted molar refractivity (Wildman–Crippen MR) is 35.2 cm³/mol. The Balaban J connectivity index is 2.28. The molecule has 0 unspecified atom stereocenters. The van der Waals surface area contributed by atoms with Gasteiger partial charge in [-0.3, -0.25) is 0 Å². The molecule has 0 amide bonds. The van der Waals surface area contributed by atoms with E-state index in [1.54, 1.807) is 7.11 Å². The van der Waals surface area contributed by atoms with E-state index in [0.29, 0.717) is 5.88 Å². The Morgan fingerprint density at radius 1 is 1.70 bits per heavy atom. The summed E-state index contributed by atoms with van der Waals surface area (Å²) >= 11 is 1.15. The average Bonchev–Trinajstić information content (AvgIpc) is 2.69. The molecule has 2 heterocycles. The van der Waals surface area contributed by atoms with Crippen molar-refractivity contribution >= 4 is 11.7 Å². The van der Waals surface area contributed by atoms with Gasteiger partial charge in [0.05, 0.1) is 25.4 Å². The smallest absolute Gasteiger partial charge is 0.251 e. The summed E-state index contributed by atoms with van der Waals surface area (Å²) in [5.41, 5.74) is 0.840. The van der Waals surface area contributed by atoms with E-state index in [1.807, 2.05) is 0 Å². The molecule has 1 atom stereocenters. The van der Waals surface area contributed by atoms with Crippen LogP contribution in [0, 0.1) is 0 Å². The van der Waals surface area contributed by atoms with Gasteiger partial charge in [-0.05, 0) is 0 Å². The highest BCUT2D eigenvalue weighted by Crippen LogP contribution is 2.34. The van der Waals surface area contributed by atoms with Crippen molar-refractivity contribution in [2.75, 3.05) is 13.7 Å². The van der Waals surface area contributed by atoms with Gasteiger partial charge in [-0.2, -0.15) is 4.37 Å². The van der Waals surface area contributed by atoms with E-state index in [4.69, 9.17) is 9.47 Å². The number of rotatable bonds is 2. The first-order valence-corrected chi connectivity index (χ1v) is 3.63. The molecule has 4 nitrogen and oxygen atoms in total. The Hall–Kier alpha value is -0.680. The standard InChI is InChI=1S/C5H6N2O2S/c1-8-5-4(3-2-9-3)6-10-7-5/h3H,2H2,1H3/t3-/m1/s1. The summed E-state index contributed by atoms with van der Waals surface area (Å²) in [6, 6.07) is 0. The molecule has 0 saturated carbocycles. The molecule has 0 N–H and O–H groups in total. The van der Waals surface area contributed by atoms with E-state index in [1.165, 1.54) is 0 Å². The van der Waals surface area contributed by atoms with Crippen molar-refractivity contribution in [2.45, 2.75) is 6.10 Å². The van der Waals surface area contributed by atoms with Gasteiger partial charge in [0, 0.05) is 0 Å². The summed E-state index contributed by atoms with van der Waals surface area (Å²) in [6.07, 6.45) is 0.147. The van der Waals surface area contributed by atoms with Gasteiger partial charge in [-0.1, -0.05) is 0 Å². The summed E-state index contributed by atoms with van der Waals surface area (Å²) in [7, 11) is 1.59. The van der Waals surface area contributed by atoms with Crippen molar-refractivity contribution in [3.63, 3.8) is 0 Å². The van der Waals surface area contributed by atoms with Crippen molar-refractivity contribution in [2.24, 2.45) is 0 Å². The van der Waals surface area contributed by atoms with Gasteiger partial charge in [-0.15, -0.1) is 4.37 Å². The van der Waals surface area contributed by atoms with Crippen LogP contribution in [0.15, 0.2) is 0 Å². The van der Waals surface area contributed by atoms with Crippen LogP contribution in [0.4, 0.5) is 0 Å². The lowest BCUT2D eigenvalue weighted by molar-refractivity contribution is 0.373. The van der Waals surface area contributed by atoms with Crippen LogP contribution in [0.25, 0.3) is 0 Å². The van der Waals surface area contributed by atoms with Crippen LogP contribution >= 0.6 is 11.7 Å². The van der Waals surface area contributed by atoms with Crippen LogP contribution in [0.5, 0.6) is 5.88 Å². The minimum atomic E-state index is 0.147. The van der Waals surface area contributed by atoms with Gasteiger partial charge in [0.25, 0.3) is 5.88 Å². The lowest BCUT2D eigenvalue weighted by atomic mass is 10.3. The molecular weight excluding hydrogens is 152 g/mol. The molecule has 1 aliphatic heterocycles. The maximum Gasteiger partial charge on any atom is 0.251 e. The third-order valence-corrected chi connectivity index (χ3v) is 1.84. The largest absolute Gasteiger partial charge is 0.479 e. The molecule has 1 aromatic heterocycles. The first-order valence-electron chi connectivity index (χ1n) is 2.90. The van der Waals surface area contributed by atoms with Crippen LogP contribution in [-0.2, 0) is 4.74 Å². The van der Waals surface area contributed by atoms with Crippen molar-refractivity contribution in [3.8, 4) is 5.88 Å². The van der Waals surface area contributed by atoms with Crippen LogP contribution < -0.4 is 4.74 Å². The number of ether oxygens (including phenoxy) is 2. The highest BCUT2D eigenvalue weighted by Gasteiger charge is 2.31. The number of methoxy groups -OCH3 is 1. The highest BCUT2D eigenvalue weighted by molar-refractivity contribution is 6.99. The fourth-order valence-electron chi connectivity index (χ4n) is 0.732. The lowest BCUT2D eigenvalue weighted by Crippen LogP contribution is -1.88. The zero-order valence-corrected chi connectivity index (χ0v) is 6.22. The van der Waals surface area contributed by atoms with E-state index >= 15 is 0 Å². The van der Waals surface area contributed by atoms with Crippen molar-refractivity contribution in [3.05, 3.63) is 5.69 Å². The van der Waals surface area contributed by atoms with Gasteiger partial charge in [0.1, 0.15) is 11.8 Å². The molecule has 10 heavy (non-hydrogen) atoms. The van der Waals surface area contributed by atoms with Gasteiger partial charge >= 0.3 is 0 Å². The van der Waals surface area contributed by atoms with Gasteiger partial charge in [-0.25, -0.2) is 0 Å². The molecule has 1 aromatic rings. The number of aromatic nitrogens is 2. The van der Waals surface area contributed by atoms with Gasteiger partial charge < -0.3 is 9.47 Å². The molecule has 1 saturated heterocycles. The van der Waals surface area contributed by atoms with E-state index < -0.39 is 0 Å². The molecule has 0 spiro atoms. The number of hydrogen-bond donors (Lipinski definition) is 0. The fraction of sp³-hybridized carbons (Fsp3) is 0.600. The number of nitrogens with zero attached hydrogens (tertiary/aromatic N) is 2. The molecule has 0 radical (unpaired) electrons. The SMILES string of the molecule is COc1nsnc1[C@H]1CO1. The van der Waals surface area contributed by atoms with Crippen LogP contribution in [0.3, 0.4) is 0 Å². The molecule has 0 aliphatic carbocycles. The normalized spacial score (nSPS) is 22.7. The molecular formula is C5H6N2O2S. The summed E-state index contributed by atoms with van der Waals surface area (Å²) in [5.74, 6) is 0.604. The quantitative estimate of drug-likeness (QED) is 0.592. The van der Waals surface area contributed by atoms with Gasteiger partial charge in [0.15, 0.2) is 0 Å². The third-order valence-electron chi connectivity index (χ3n) is 1.31. The average molecular weight is 158 g/mol. The van der Waals surface area contributed by atoms with Crippen molar-refractivity contribution < 1.29 is 9.47 Å². The van der Waals surface area contributed by atoms with Gasteiger partial charge in [0.2, 0.25) is 0 Å². The Labute approximate surface area is 62.1 Å².